The number of aliphatic hydroxyl groups is 3. The van der Waals surface area contributed by atoms with Gasteiger partial charge in [-0.15, -0.1) is 0 Å². The van der Waals surface area contributed by atoms with Crippen molar-refractivity contribution in [3.63, 3.8) is 0 Å². The summed E-state index contributed by atoms with van der Waals surface area (Å²) in [4.78, 5) is 17.7. The SMILES string of the molecule is CCC1ON(C)C2C(O)C(OC3OC(COS(=O)(=O)O)C(C(C)(O)CC)C(O)C3N)C(C(=O)O)OC12. The molecule has 16 heteroatoms. The van der Waals surface area contributed by atoms with Gasteiger partial charge in [0.2, 0.25) is 0 Å². The first-order valence-electron chi connectivity index (χ1n) is 11.7. The molecule has 0 aromatic heterocycles. The number of hydrogen-bond acceptors (Lipinski definition) is 13. The van der Waals surface area contributed by atoms with Crippen molar-refractivity contribution in [2.24, 2.45) is 11.7 Å². The highest BCUT2D eigenvalue weighted by Crippen LogP contribution is 2.39. The van der Waals surface area contributed by atoms with Crippen molar-refractivity contribution in [3.05, 3.63) is 0 Å². The number of likely N-dealkylation sites (N-methyl/N-ethyl adjacent to an activating group) is 1. The summed E-state index contributed by atoms with van der Waals surface area (Å²) in [7, 11) is -3.34. The van der Waals surface area contributed by atoms with E-state index in [1.807, 2.05) is 6.92 Å². The molecule has 0 radical (unpaired) electrons. The maximum atomic E-state index is 12.0. The molecular formula is C20H36N2O13S. The number of nitrogens with two attached hydrogens (primary N) is 1. The van der Waals surface area contributed by atoms with Gasteiger partial charge in [-0.2, -0.15) is 13.5 Å². The van der Waals surface area contributed by atoms with E-state index in [9.17, 15) is 33.6 Å². The lowest BCUT2D eigenvalue weighted by Crippen LogP contribution is -2.68. The number of aliphatic carboxylic acids is 1. The highest BCUT2D eigenvalue weighted by molar-refractivity contribution is 7.80. The first kappa shape index (κ1) is 29.5. The maximum absolute atomic E-state index is 12.0. The highest BCUT2D eigenvalue weighted by atomic mass is 32.3. The smallest absolute Gasteiger partial charge is 0.397 e. The summed E-state index contributed by atoms with van der Waals surface area (Å²) in [6.45, 7) is 4.02. The lowest BCUT2D eigenvalue weighted by Gasteiger charge is -2.50. The molecule has 3 aliphatic heterocycles. The van der Waals surface area contributed by atoms with Gasteiger partial charge in [-0.1, -0.05) is 13.8 Å². The van der Waals surface area contributed by atoms with Gasteiger partial charge in [0.15, 0.2) is 12.4 Å². The van der Waals surface area contributed by atoms with Crippen LogP contribution in [-0.2, 0) is 38.4 Å². The van der Waals surface area contributed by atoms with E-state index < -0.39 is 95.6 Å². The summed E-state index contributed by atoms with van der Waals surface area (Å²) >= 11 is 0. The van der Waals surface area contributed by atoms with Crippen LogP contribution in [0.1, 0.15) is 33.6 Å². The van der Waals surface area contributed by atoms with Crippen LogP contribution in [0.3, 0.4) is 0 Å². The van der Waals surface area contributed by atoms with Crippen LogP contribution in [0, 0.1) is 5.92 Å². The molecule has 12 atom stereocenters. The molecule has 3 rings (SSSR count). The zero-order valence-corrected chi connectivity index (χ0v) is 21.2. The molecule has 7 N–H and O–H groups in total. The number of fused-ring (bicyclic) bond motifs is 1. The predicted octanol–water partition coefficient (Wildman–Crippen LogP) is -2.38. The standard InChI is InChI=1S/C20H36N2O13S/c1-5-8-15-12(22(4)35-8)14(24)16(17(33-15)18(25)26)34-19-11(21)13(23)10(20(3,27)6-2)9(32-19)7-31-36(28,29)30/h8-17,19,23-24,27H,5-7,21H2,1-4H3,(H,25,26)(H,28,29,30). The van der Waals surface area contributed by atoms with E-state index in [1.54, 1.807) is 14.0 Å². The molecule has 0 spiro atoms. The van der Waals surface area contributed by atoms with Crippen LogP contribution in [0.5, 0.6) is 0 Å². The Hall–Kier alpha value is -1.02. The first-order chi connectivity index (χ1) is 16.6. The average Bonchev–Trinajstić information content (AvgIpc) is 3.11. The molecule has 0 amide bonds. The van der Waals surface area contributed by atoms with Gasteiger partial charge in [-0.25, -0.2) is 8.98 Å². The van der Waals surface area contributed by atoms with Gasteiger partial charge < -0.3 is 40.4 Å². The van der Waals surface area contributed by atoms with Gasteiger partial charge in [0.1, 0.15) is 24.4 Å². The summed E-state index contributed by atoms with van der Waals surface area (Å²) < 4.78 is 53.0. The van der Waals surface area contributed by atoms with E-state index in [2.05, 4.69) is 4.18 Å². The van der Waals surface area contributed by atoms with Crippen molar-refractivity contribution in [3.8, 4) is 0 Å². The Morgan fingerprint density at radius 3 is 2.33 bits per heavy atom. The normalized spacial score (nSPS) is 43.6. The third kappa shape index (κ3) is 5.84. The number of hydroxylamine groups is 2. The minimum Gasteiger partial charge on any atom is -0.479 e. The Morgan fingerprint density at radius 1 is 1.17 bits per heavy atom. The van der Waals surface area contributed by atoms with Crippen LogP contribution in [-0.4, -0.2) is 125 Å². The summed E-state index contributed by atoms with van der Waals surface area (Å²) in [5.41, 5.74) is 4.55. The molecule has 0 bridgehead atoms. The fourth-order valence-electron chi connectivity index (χ4n) is 5.17. The van der Waals surface area contributed by atoms with Crippen molar-refractivity contribution in [2.75, 3.05) is 13.7 Å². The van der Waals surface area contributed by atoms with E-state index in [0.29, 0.717) is 6.42 Å². The molecule has 0 aromatic carbocycles. The van der Waals surface area contributed by atoms with Crippen LogP contribution < -0.4 is 5.73 Å². The fraction of sp³-hybridized carbons (Fsp3) is 0.950. The van der Waals surface area contributed by atoms with Gasteiger partial charge in [0, 0.05) is 13.0 Å². The predicted molar refractivity (Wildman–Crippen MR) is 118 cm³/mol. The topological polar surface area (TPSA) is 228 Å². The first-order valence-corrected chi connectivity index (χ1v) is 13.0. The molecule has 36 heavy (non-hydrogen) atoms. The summed E-state index contributed by atoms with van der Waals surface area (Å²) in [5.74, 6) is -2.60. The van der Waals surface area contributed by atoms with Crippen LogP contribution in [0.2, 0.25) is 0 Å². The quantitative estimate of drug-likeness (QED) is 0.167. The number of carbonyl (C=O) groups is 1. The van der Waals surface area contributed by atoms with Crippen molar-refractivity contribution in [1.29, 1.82) is 0 Å². The van der Waals surface area contributed by atoms with E-state index in [0.717, 1.165) is 0 Å². The van der Waals surface area contributed by atoms with Crippen molar-refractivity contribution < 1.29 is 61.4 Å². The average molecular weight is 545 g/mol. The van der Waals surface area contributed by atoms with Crippen molar-refractivity contribution in [1.82, 2.24) is 5.06 Å². The molecule has 0 aliphatic carbocycles. The lowest BCUT2D eigenvalue weighted by atomic mass is 9.75. The third-order valence-electron chi connectivity index (χ3n) is 7.25. The minimum absolute atomic E-state index is 0.114. The van der Waals surface area contributed by atoms with E-state index in [1.165, 1.54) is 12.0 Å². The zero-order chi connectivity index (χ0) is 27.2. The van der Waals surface area contributed by atoms with Crippen LogP contribution >= 0.6 is 0 Å². The van der Waals surface area contributed by atoms with Crippen molar-refractivity contribution >= 4 is 16.4 Å². The van der Waals surface area contributed by atoms with Crippen LogP contribution in [0.4, 0.5) is 0 Å². The molecule has 0 saturated carbocycles. The number of aliphatic hydroxyl groups excluding tert-OH is 2. The number of rotatable bonds is 9. The number of ether oxygens (including phenoxy) is 3. The second-order valence-corrected chi connectivity index (χ2v) is 10.7. The van der Waals surface area contributed by atoms with Crippen molar-refractivity contribution in [2.45, 2.75) is 100 Å². The Morgan fingerprint density at radius 2 is 1.81 bits per heavy atom. The number of nitrogens with zero attached hydrogens (tertiary/aromatic N) is 1. The van der Waals surface area contributed by atoms with Crippen LogP contribution in [0.15, 0.2) is 0 Å². The molecule has 0 aromatic rings. The second-order valence-electron chi connectivity index (χ2n) is 9.60. The second kappa shape index (κ2) is 11.0. The molecule has 3 saturated heterocycles. The van der Waals surface area contributed by atoms with Gasteiger partial charge in [-0.05, 0) is 19.8 Å². The molecule has 3 fully saturated rings. The molecule has 12 unspecified atom stereocenters. The summed E-state index contributed by atoms with van der Waals surface area (Å²) in [6, 6.07) is -2.14. The monoisotopic (exact) mass is 544 g/mol. The number of carboxylic acid groups (broad SMARTS) is 1. The minimum atomic E-state index is -4.90. The Bertz CT molecular complexity index is 889. The van der Waals surface area contributed by atoms with Gasteiger partial charge >= 0.3 is 16.4 Å². The number of carboxylic acids is 1. The largest absolute Gasteiger partial charge is 0.479 e. The Kier molecular flexibility index (Phi) is 9.02. The molecular weight excluding hydrogens is 508 g/mol. The maximum Gasteiger partial charge on any atom is 0.397 e. The zero-order valence-electron chi connectivity index (χ0n) is 20.4. The van der Waals surface area contributed by atoms with Gasteiger partial charge in [-0.3, -0.25) is 9.39 Å². The summed E-state index contributed by atoms with van der Waals surface area (Å²) in [5, 5.41) is 44.0. The molecule has 210 valence electrons. The van der Waals surface area contributed by atoms with Gasteiger partial charge in [0.05, 0.1) is 36.5 Å². The van der Waals surface area contributed by atoms with Gasteiger partial charge in [0.25, 0.3) is 0 Å². The lowest BCUT2D eigenvalue weighted by molar-refractivity contribution is -0.314. The van der Waals surface area contributed by atoms with E-state index in [-0.39, 0.29) is 6.42 Å². The third-order valence-corrected chi connectivity index (χ3v) is 7.69. The Balaban J connectivity index is 1.88. The molecule has 15 nitrogen and oxygen atoms in total. The van der Waals surface area contributed by atoms with E-state index >= 15 is 0 Å². The fourth-order valence-corrected chi connectivity index (χ4v) is 5.48. The molecule has 3 aliphatic rings. The highest BCUT2D eigenvalue weighted by Gasteiger charge is 2.59. The van der Waals surface area contributed by atoms with E-state index in [4.69, 9.17) is 29.3 Å². The number of hydrogen-bond donors (Lipinski definition) is 6. The van der Waals surface area contributed by atoms with Crippen LogP contribution in [0.25, 0.3) is 0 Å². The Labute approximate surface area is 208 Å². The summed E-state index contributed by atoms with van der Waals surface area (Å²) in [6.07, 6.45) is -9.74. The molecule has 3 heterocycles.